The van der Waals surface area contributed by atoms with Crippen LogP contribution < -0.4 is 0 Å². The molecule has 0 aliphatic carbocycles. The summed E-state index contributed by atoms with van der Waals surface area (Å²) < 4.78 is 0. The van der Waals surface area contributed by atoms with Gasteiger partial charge in [-0.3, -0.25) is 0 Å². The zero-order valence-electron chi connectivity index (χ0n) is 7.95. The molecule has 0 spiro atoms. The highest BCUT2D eigenvalue weighted by atomic mass is 32.1. The highest BCUT2D eigenvalue weighted by molar-refractivity contribution is 7.09. The minimum atomic E-state index is 0.429. The van der Waals surface area contributed by atoms with Gasteiger partial charge in [0.25, 0.3) is 0 Å². The smallest absolute Gasteiger partial charge is 0.0941 e. The molecule has 3 nitrogen and oxygen atoms in total. The Hall–Kier alpha value is -0.920. The maximum absolute atomic E-state index is 8.45. The number of nitriles is 1. The van der Waals surface area contributed by atoms with Gasteiger partial charge in [-0.2, -0.15) is 5.26 Å². The number of hydrogen-bond donors (Lipinski definition) is 0. The molecule has 0 saturated carbocycles. The lowest BCUT2D eigenvalue weighted by atomic mass is 10.4. The van der Waals surface area contributed by atoms with Gasteiger partial charge in [0, 0.05) is 18.3 Å². The summed E-state index contributed by atoms with van der Waals surface area (Å²) in [6, 6.07) is 2.10. The van der Waals surface area contributed by atoms with Crippen LogP contribution >= 0.6 is 11.3 Å². The number of thiazole rings is 1. The number of aromatic nitrogens is 1. The van der Waals surface area contributed by atoms with E-state index in [1.165, 1.54) is 0 Å². The molecule has 1 heterocycles. The predicted octanol–water partition coefficient (Wildman–Crippen LogP) is 1.31. The number of nitrogens with zero attached hydrogens (tertiary/aromatic N) is 3. The standard InChI is InChI=1S/C9H13N3S/c1-12(2)6-4-9-11-8(3-5-10)7-13-9/h7H,3-4,6H2,1-2H3. The van der Waals surface area contributed by atoms with Crippen molar-refractivity contribution >= 4 is 11.3 Å². The van der Waals surface area contributed by atoms with E-state index in [9.17, 15) is 0 Å². The largest absolute Gasteiger partial charge is 0.309 e. The SMILES string of the molecule is CN(C)CCc1nc(CC#N)cs1. The first-order valence-corrected chi connectivity index (χ1v) is 5.05. The molecule has 0 atom stereocenters. The Morgan fingerprint density at radius 1 is 1.62 bits per heavy atom. The van der Waals surface area contributed by atoms with Crippen molar-refractivity contribution in [3.63, 3.8) is 0 Å². The molecule has 0 amide bonds. The lowest BCUT2D eigenvalue weighted by Crippen LogP contribution is -2.14. The van der Waals surface area contributed by atoms with Gasteiger partial charge >= 0.3 is 0 Å². The summed E-state index contributed by atoms with van der Waals surface area (Å²) in [6.07, 6.45) is 1.40. The Morgan fingerprint density at radius 2 is 2.38 bits per heavy atom. The van der Waals surface area contributed by atoms with Gasteiger partial charge in [0.05, 0.1) is 23.2 Å². The molecule has 0 aliphatic heterocycles. The maximum atomic E-state index is 8.45. The number of rotatable bonds is 4. The van der Waals surface area contributed by atoms with E-state index in [2.05, 4.69) is 16.0 Å². The third-order valence-corrected chi connectivity index (χ3v) is 2.59. The predicted molar refractivity (Wildman–Crippen MR) is 53.7 cm³/mol. The summed E-state index contributed by atoms with van der Waals surface area (Å²) in [5.41, 5.74) is 0.904. The van der Waals surface area contributed by atoms with Gasteiger partial charge in [0.2, 0.25) is 0 Å². The van der Waals surface area contributed by atoms with Crippen LogP contribution in [0.1, 0.15) is 10.7 Å². The number of hydrogen-bond acceptors (Lipinski definition) is 4. The third-order valence-electron chi connectivity index (χ3n) is 1.63. The monoisotopic (exact) mass is 195 g/mol. The van der Waals surface area contributed by atoms with Crippen LogP contribution in [0, 0.1) is 11.3 Å². The topological polar surface area (TPSA) is 39.9 Å². The van der Waals surface area contributed by atoms with Crippen LogP contribution in [-0.4, -0.2) is 30.5 Å². The van der Waals surface area contributed by atoms with E-state index in [1.807, 2.05) is 19.5 Å². The Bertz CT molecular complexity index is 298. The minimum absolute atomic E-state index is 0.429. The second kappa shape index (κ2) is 4.95. The van der Waals surface area contributed by atoms with Crippen LogP contribution in [0.2, 0.25) is 0 Å². The van der Waals surface area contributed by atoms with Gasteiger partial charge in [-0.1, -0.05) is 0 Å². The van der Waals surface area contributed by atoms with Gasteiger partial charge in [-0.25, -0.2) is 4.98 Å². The van der Waals surface area contributed by atoms with E-state index in [0.29, 0.717) is 6.42 Å². The average Bonchev–Trinajstić information content (AvgIpc) is 2.50. The van der Waals surface area contributed by atoms with Crippen molar-refractivity contribution in [1.29, 1.82) is 5.26 Å². The Kier molecular flexibility index (Phi) is 3.87. The average molecular weight is 195 g/mol. The quantitative estimate of drug-likeness (QED) is 0.727. The normalized spacial score (nSPS) is 10.3. The van der Waals surface area contributed by atoms with Crippen LogP contribution in [0.3, 0.4) is 0 Å². The van der Waals surface area contributed by atoms with Crippen molar-refractivity contribution in [2.45, 2.75) is 12.8 Å². The fraction of sp³-hybridized carbons (Fsp3) is 0.556. The van der Waals surface area contributed by atoms with E-state index >= 15 is 0 Å². The molecule has 0 saturated heterocycles. The molecule has 0 aliphatic rings. The summed E-state index contributed by atoms with van der Waals surface area (Å²) in [5.74, 6) is 0. The molecule has 0 N–H and O–H groups in total. The summed E-state index contributed by atoms with van der Waals surface area (Å²) in [6.45, 7) is 1.01. The van der Waals surface area contributed by atoms with Crippen molar-refractivity contribution in [2.75, 3.05) is 20.6 Å². The Morgan fingerprint density at radius 3 is 3.00 bits per heavy atom. The molecular formula is C9H13N3S. The summed E-state index contributed by atoms with van der Waals surface area (Å²) >= 11 is 1.64. The molecule has 1 rings (SSSR count). The van der Waals surface area contributed by atoms with Gasteiger partial charge in [-0.05, 0) is 14.1 Å². The molecule has 0 bridgehead atoms. The van der Waals surface area contributed by atoms with Crippen LogP contribution in [0.5, 0.6) is 0 Å². The second-order valence-corrected chi connectivity index (χ2v) is 4.06. The van der Waals surface area contributed by atoms with Crippen molar-refractivity contribution in [2.24, 2.45) is 0 Å². The summed E-state index contributed by atoms with van der Waals surface area (Å²) in [4.78, 5) is 6.47. The Labute approximate surface area is 82.6 Å². The first-order chi connectivity index (χ1) is 6.22. The molecular weight excluding hydrogens is 182 g/mol. The van der Waals surface area contributed by atoms with Gasteiger partial charge in [0.15, 0.2) is 0 Å². The summed E-state index contributed by atoms with van der Waals surface area (Å²) in [5, 5.41) is 11.5. The van der Waals surface area contributed by atoms with E-state index in [4.69, 9.17) is 5.26 Å². The first-order valence-electron chi connectivity index (χ1n) is 4.17. The molecule has 0 unspecified atom stereocenters. The minimum Gasteiger partial charge on any atom is -0.309 e. The van der Waals surface area contributed by atoms with Gasteiger partial charge < -0.3 is 4.90 Å². The molecule has 1 aromatic heterocycles. The van der Waals surface area contributed by atoms with Crippen LogP contribution in [0.15, 0.2) is 5.38 Å². The third kappa shape index (κ3) is 3.53. The molecule has 13 heavy (non-hydrogen) atoms. The van der Waals surface area contributed by atoms with Crippen molar-refractivity contribution in [1.82, 2.24) is 9.88 Å². The van der Waals surface area contributed by atoms with Gasteiger partial charge in [-0.15, -0.1) is 11.3 Å². The van der Waals surface area contributed by atoms with E-state index in [0.717, 1.165) is 23.7 Å². The molecule has 0 fully saturated rings. The molecule has 70 valence electrons. The molecule has 0 radical (unpaired) electrons. The Balaban J connectivity index is 2.45. The highest BCUT2D eigenvalue weighted by Crippen LogP contribution is 2.10. The maximum Gasteiger partial charge on any atom is 0.0941 e. The van der Waals surface area contributed by atoms with Crippen molar-refractivity contribution in [3.8, 4) is 6.07 Å². The van der Waals surface area contributed by atoms with Crippen LogP contribution in [0.25, 0.3) is 0 Å². The van der Waals surface area contributed by atoms with Gasteiger partial charge in [0.1, 0.15) is 0 Å². The molecule has 4 heteroatoms. The fourth-order valence-corrected chi connectivity index (χ4v) is 1.73. The van der Waals surface area contributed by atoms with Crippen LogP contribution in [-0.2, 0) is 12.8 Å². The van der Waals surface area contributed by atoms with E-state index < -0.39 is 0 Å². The van der Waals surface area contributed by atoms with Crippen molar-refractivity contribution in [3.05, 3.63) is 16.1 Å². The molecule has 0 aromatic carbocycles. The zero-order chi connectivity index (χ0) is 9.68. The van der Waals surface area contributed by atoms with Crippen molar-refractivity contribution < 1.29 is 0 Å². The van der Waals surface area contributed by atoms with Crippen LogP contribution in [0.4, 0.5) is 0 Å². The lowest BCUT2D eigenvalue weighted by Gasteiger charge is -2.06. The lowest BCUT2D eigenvalue weighted by molar-refractivity contribution is 0.413. The number of likely N-dealkylation sites (N-methyl/N-ethyl adjacent to an activating group) is 1. The fourth-order valence-electron chi connectivity index (χ4n) is 0.945. The summed E-state index contributed by atoms with van der Waals surface area (Å²) in [7, 11) is 4.09. The zero-order valence-corrected chi connectivity index (χ0v) is 8.77. The van der Waals surface area contributed by atoms with E-state index in [-0.39, 0.29) is 0 Å². The first kappa shape index (κ1) is 10.2. The highest BCUT2D eigenvalue weighted by Gasteiger charge is 2.01. The molecule has 1 aromatic rings. The second-order valence-electron chi connectivity index (χ2n) is 3.12. The van der Waals surface area contributed by atoms with E-state index in [1.54, 1.807) is 11.3 Å².